The van der Waals surface area contributed by atoms with Crippen molar-refractivity contribution in [2.45, 2.75) is 12.5 Å². The number of fused-ring (bicyclic) bond motifs is 1. The van der Waals surface area contributed by atoms with Gasteiger partial charge in [-0.05, 0) is 61.0 Å². The number of H-pyrrole nitrogens is 1. The van der Waals surface area contributed by atoms with Gasteiger partial charge < -0.3 is 15.2 Å². The van der Waals surface area contributed by atoms with Crippen molar-refractivity contribution in [3.63, 3.8) is 0 Å². The molecule has 0 saturated carbocycles. The maximum Gasteiger partial charge on any atom is 0.333 e. The summed E-state index contributed by atoms with van der Waals surface area (Å²) >= 11 is 0. The van der Waals surface area contributed by atoms with Crippen molar-refractivity contribution in [1.82, 2.24) is 19.9 Å². The van der Waals surface area contributed by atoms with Gasteiger partial charge in [0.05, 0.1) is 16.6 Å². The molecule has 0 bridgehead atoms. The van der Waals surface area contributed by atoms with Gasteiger partial charge in [-0.15, -0.1) is 0 Å². The second-order valence-electron chi connectivity index (χ2n) is 7.90. The van der Waals surface area contributed by atoms with Crippen LogP contribution in [0.3, 0.4) is 0 Å². The Labute approximate surface area is 187 Å². The highest BCUT2D eigenvalue weighted by Crippen LogP contribution is 2.18. The van der Waals surface area contributed by atoms with Gasteiger partial charge in [0, 0.05) is 30.9 Å². The number of hydrogen-bond acceptors (Lipinski definition) is 5. The normalized spacial score (nSPS) is 15.7. The van der Waals surface area contributed by atoms with Crippen molar-refractivity contribution in [2.75, 3.05) is 18.0 Å². The Balaban J connectivity index is 1.38. The summed E-state index contributed by atoms with van der Waals surface area (Å²) in [6, 6.07) is 15.3. The third kappa shape index (κ3) is 4.00. The van der Waals surface area contributed by atoms with Crippen LogP contribution in [-0.4, -0.2) is 39.6 Å². The van der Waals surface area contributed by atoms with Gasteiger partial charge in [0.1, 0.15) is 11.6 Å². The number of hydrogen-bond donors (Lipinski definition) is 2. The lowest BCUT2D eigenvalue weighted by atomic mass is 10.1. The van der Waals surface area contributed by atoms with Crippen LogP contribution in [0, 0.1) is 5.82 Å². The first kappa shape index (κ1) is 20.6. The molecule has 0 radical (unpaired) electrons. The fourth-order valence-electron chi connectivity index (χ4n) is 4.08. The molecule has 8 nitrogen and oxygen atoms in total. The van der Waals surface area contributed by atoms with Gasteiger partial charge in [0.15, 0.2) is 0 Å². The van der Waals surface area contributed by atoms with Crippen LogP contribution in [0.1, 0.15) is 16.8 Å². The highest BCUT2D eigenvalue weighted by atomic mass is 19.1. The third-order valence-electron chi connectivity index (χ3n) is 5.74. The number of benzene rings is 2. The number of carbonyl (C=O) groups excluding carboxylic acids is 1. The second-order valence-corrected chi connectivity index (χ2v) is 7.90. The number of aromatic nitrogens is 3. The van der Waals surface area contributed by atoms with Crippen LogP contribution in [0.25, 0.3) is 16.6 Å². The number of amides is 1. The molecule has 9 heteroatoms. The first-order chi connectivity index (χ1) is 16.0. The largest absolute Gasteiger partial charge is 0.354 e. The standard InChI is InChI=1S/C24H20FN5O3/c25-16-5-7-18(8-6-16)30-23(32)19-9-4-15(13-20(19)28-24(30)33)22(31)27-17-10-12-29(14-17)21-3-1-2-11-26-21/h1-9,11,13,17H,10,12,14H2,(H,27,31)(H,28,33). The van der Waals surface area contributed by atoms with E-state index in [1.807, 2.05) is 18.2 Å². The van der Waals surface area contributed by atoms with Gasteiger partial charge in [-0.3, -0.25) is 9.59 Å². The fourth-order valence-corrected chi connectivity index (χ4v) is 4.08. The molecule has 33 heavy (non-hydrogen) atoms. The molecule has 4 aromatic rings. The molecule has 5 rings (SSSR count). The summed E-state index contributed by atoms with van der Waals surface area (Å²) in [6.45, 7) is 1.44. The number of halogens is 1. The summed E-state index contributed by atoms with van der Waals surface area (Å²) < 4.78 is 14.1. The molecule has 1 saturated heterocycles. The van der Waals surface area contributed by atoms with E-state index >= 15 is 0 Å². The molecule has 166 valence electrons. The monoisotopic (exact) mass is 445 g/mol. The fraction of sp³-hybridized carbons (Fsp3) is 0.167. The molecule has 1 atom stereocenters. The summed E-state index contributed by atoms with van der Waals surface area (Å²) in [5.41, 5.74) is -0.358. The first-order valence-corrected chi connectivity index (χ1v) is 10.5. The Hall–Kier alpha value is -4.27. The van der Waals surface area contributed by atoms with Crippen LogP contribution >= 0.6 is 0 Å². The van der Waals surface area contributed by atoms with E-state index in [-0.39, 0.29) is 28.5 Å². The van der Waals surface area contributed by atoms with Gasteiger partial charge in [-0.2, -0.15) is 0 Å². The maximum atomic E-state index is 13.2. The van der Waals surface area contributed by atoms with E-state index in [9.17, 15) is 18.8 Å². The molecule has 0 aliphatic carbocycles. The Kier molecular flexibility index (Phi) is 5.21. The number of rotatable bonds is 4. The molecule has 1 fully saturated rings. The molecule has 3 heterocycles. The van der Waals surface area contributed by atoms with Crippen LogP contribution in [0.5, 0.6) is 0 Å². The Morgan fingerprint density at radius 2 is 1.91 bits per heavy atom. The maximum absolute atomic E-state index is 13.2. The average Bonchev–Trinajstić information content (AvgIpc) is 3.29. The Bertz CT molecular complexity index is 1450. The quantitative estimate of drug-likeness (QED) is 0.502. The van der Waals surface area contributed by atoms with E-state index in [1.165, 1.54) is 36.4 Å². The van der Waals surface area contributed by atoms with E-state index in [0.717, 1.165) is 23.4 Å². The molecule has 2 aromatic heterocycles. The molecule has 1 amide bonds. The minimum absolute atomic E-state index is 0.0410. The van der Waals surface area contributed by atoms with Crippen LogP contribution < -0.4 is 21.5 Å². The van der Waals surface area contributed by atoms with Crippen molar-refractivity contribution >= 4 is 22.6 Å². The Morgan fingerprint density at radius 3 is 2.67 bits per heavy atom. The van der Waals surface area contributed by atoms with E-state index < -0.39 is 17.1 Å². The zero-order valence-electron chi connectivity index (χ0n) is 17.5. The van der Waals surface area contributed by atoms with Gasteiger partial charge in [0.2, 0.25) is 0 Å². The molecule has 0 spiro atoms. The average molecular weight is 445 g/mol. The molecule has 1 aliphatic heterocycles. The zero-order chi connectivity index (χ0) is 22.9. The molecule has 2 aromatic carbocycles. The highest BCUT2D eigenvalue weighted by molar-refractivity contribution is 5.97. The summed E-state index contributed by atoms with van der Waals surface area (Å²) in [5.74, 6) is 0.119. The summed E-state index contributed by atoms with van der Waals surface area (Å²) in [5, 5.41) is 3.26. The minimum atomic E-state index is -0.668. The SMILES string of the molecule is O=C(NC1CCN(c2ccccn2)C1)c1ccc2c(=O)n(-c3ccc(F)cc3)c(=O)[nH]c2c1. The molecular weight excluding hydrogens is 425 g/mol. The predicted octanol–water partition coefficient (Wildman–Crippen LogP) is 2.22. The lowest BCUT2D eigenvalue weighted by molar-refractivity contribution is 0.0940. The predicted molar refractivity (Wildman–Crippen MR) is 122 cm³/mol. The number of anilines is 1. The molecule has 2 N–H and O–H groups in total. The van der Waals surface area contributed by atoms with Gasteiger partial charge >= 0.3 is 5.69 Å². The summed E-state index contributed by atoms with van der Waals surface area (Å²) in [6.07, 6.45) is 2.52. The van der Waals surface area contributed by atoms with Crippen LogP contribution in [0.15, 0.2) is 76.4 Å². The molecular formula is C24H20FN5O3. The van der Waals surface area contributed by atoms with E-state index in [4.69, 9.17) is 0 Å². The third-order valence-corrected chi connectivity index (χ3v) is 5.74. The zero-order valence-corrected chi connectivity index (χ0v) is 17.5. The summed E-state index contributed by atoms with van der Waals surface area (Å²) in [4.78, 5) is 47.4. The Morgan fingerprint density at radius 1 is 1.09 bits per heavy atom. The number of pyridine rings is 1. The van der Waals surface area contributed by atoms with Gasteiger partial charge in [0.25, 0.3) is 11.5 Å². The lowest BCUT2D eigenvalue weighted by Crippen LogP contribution is -2.37. The second kappa shape index (κ2) is 8.34. The summed E-state index contributed by atoms with van der Waals surface area (Å²) in [7, 11) is 0. The van der Waals surface area contributed by atoms with Crippen molar-refractivity contribution in [3.05, 3.63) is 99.1 Å². The first-order valence-electron chi connectivity index (χ1n) is 10.5. The smallest absolute Gasteiger partial charge is 0.333 e. The topological polar surface area (TPSA) is 100 Å². The van der Waals surface area contributed by atoms with Crippen LogP contribution in [0.4, 0.5) is 10.2 Å². The van der Waals surface area contributed by atoms with Crippen molar-refractivity contribution in [3.8, 4) is 5.69 Å². The van der Waals surface area contributed by atoms with E-state index in [2.05, 4.69) is 20.2 Å². The van der Waals surface area contributed by atoms with E-state index in [0.29, 0.717) is 12.1 Å². The van der Waals surface area contributed by atoms with Gasteiger partial charge in [-0.25, -0.2) is 18.7 Å². The van der Waals surface area contributed by atoms with Crippen LogP contribution in [-0.2, 0) is 0 Å². The number of carbonyl (C=O) groups is 1. The molecule has 1 aliphatic rings. The van der Waals surface area contributed by atoms with Crippen molar-refractivity contribution in [2.24, 2.45) is 0 Å². The van der Waals surface area contributed by atoms with Gasteiger partial charge in [-0.1, -0.05) is 6.07 Å². The number of nitrogens with zero attached hydrogens (tertiary/aromatic N) is 3. The van der Waals surface area contributed by atoms with Crippen molar-refractivity contribution < 1.29 is 9.18 Å². The lowest BCUT2D eigenvalue weighted by Gasteiger charge is -2.17. The molecule has 1 unspecified atom stereocenters. The highest BCUT2D eigenvalue weighted by Gasteiger charge is 2.25. The van der Waals surface area contributed by atoms with Crippen molar-refractivity contribution in [1.29, 1.82) is 0 Å². The number of aromatic amines is 1. The number of nitrogens with one attached hydrogen (secondary N) is 2. The van der Waals surface area contributed by atoms with Crippen LogP contribution in [0.2, 0.25) is 0 Å². The van der Waals surface area contributed by atoms with E-state index in [1.54, 1.807) is 12.3 Å². The minimum Gasteiger partial charge on any atom is -0.354 e.